The van der Waals surface area contributed by atoms with Crippen LogP contribution in [0.3, 0.4) is 0 Å². The number of amidine groups is 1. The van der Waals surface area contributed by atoms with Crippen LogP contribution in [0.15, 0.2) is 5.16 Å². The quantitative estimate of drug-likeness (QED) is 0.440. The van der Waals surface area contributed by atoms with Crippen LogP contribution in [0.1, 0.15) is 32.2 Å². The van der Waals surface area contributed by atoms with Crippen molar-refractivity contribution in [2.75, 3.05) is 0 Å². The lowest BCUT2D eigenvalue weighted by Crippen LogP contribution is -2.24. The summed E-state index contributed by atoms with van der Waals surface area (Å²) in [7, 11) is 0. The maximum atomic E-state index is 7.43. The Morgan fingerprint density at radius 2 is 2.47 bits per heavy atom. The number of hydrogen-bond donors (Lipinski definition) is 2. The van der Waals surface area contributed by atoms with Gasteiger partial charge in [-0.1, -0.05) is 18.7 Å². The van der Waals surface area contributed by atoms with Crippen LogP contribution in [0.5, 0.6) is 0 Å². The molecule has 1 saturated carbocycles. The summed E-state index contributed by atoms with van der Waals surface area (Å²) in [6.07, 6.45) is 3.11. The molecule has 15 heavy (non-hydrogen) atoms. The van der Waals surface area contributed by atoms with E-state index in [1.54, 1.807) is 0 Å². The summed E-state index contributed by atoms with van der Waals surface area (Å²) < 4.78 is 1.84. The van der Waals surface area contributed by atoms with Crippen LogP contribution >= 0.6 is 11.8 Å². The van der Waals surface area contributed by atoms with Gasteiger partial charge in [0.15, 0.2) is 0 Å². The minimum atomic E-state index is -0.0199. The minimum absolute atomic E-state index is 0.0199. The Morgan fingerprint density at radius 3 is 3.00 bits per heavy atom. The molecular weight excluding hydrogens is 212 g/mol. The minimum Gasteiger partial charge on any atom is -0.387 e. The smallest absolute Gasteiger partial charge is 0.210 e. The second-order valence-electron chi connectivity index (χ2n) is 3.61. The third kappa shape index (κ3) is 2.28. The van der Waals surface area contributed by atoms with Crippen LogP contribution in [0.2, 0.25) is 0 Å². The fraction of sp³-hybridized carbons (Fsp3) is 0.750. The first-order valence-electron chi connectivity index (χ1n) is 5.00. The van der Waals surface area contributed by atoms with E-state index in [-0.39, 0.29) is 11.1 Å². The molecule has 3 N–H and O–H groups in total. The molecule has 1 unspecified atom stereocenters. The zero-order chi connectivity index (χ0) is 10.8. The fourth-order valence-electron chi connectivity index (χ4n) is 1.31. The summed E-state index contributed by atoms with van der Waals surface area (Å²) in [6, 6.07) is 0.465. The number of nitrogens with two attached hydrogens (primary N) is 1. The van der Waals surface area contributed by atoms with Gasteiger partial charge < -0.3 is 5.73 Å². The molecule has 0 saturated heterocycles. The third-order valence-corrected chi connectivity index (χ3v) is 3.67. The Hall–Kier alpha value is -1.11. The van der Waals surface area contributed by atoms with Gasteiger partial charge in [-0.2, -0.15) is 0 Å². The van der Waals surface area contributed by atoms with Crippen LogP contribution in [-0.2, 0) is 0 Å². The third-order valence-electron chi connectivity index (χ3n) is 2.32. The normalized spacial score (nSPS) is 17.7. The summed E-state index contributed by atoms with van der Waals surface area (Å²) in [5.41, 5.74) is 5.49. The van der Waals surface area contributed by atoms with Gasteiger partial charge in [-0.15, -0.1) is 5.10 Å². The van der Waals surface area contributed by atoms with Crippen molar-refractivity contribution >= 4 is 17.6 Å². The Morgan fingerprint density at radius 1 is 1.73 bits per heavy atom. The van der Waals surface area contributed by atoms with Gasteiger partial charge in [0.1, 0.15) is 5.84 Å². The molecule has 1 aliphatic rings. The number of aromatic nitrogens is 4. The highest BCUT2D eigenvalue weighted by molar-refractivity contribution is 8.00. The highest BCUT2D eigenvalue weighted by Crippen LogP contribution is 2.37. The summed E-state index contributed by atoms with van der Waals surface area (Å²) in [5, 5.41) is 19.8. The van der Waals surface area contributed by atoms with E-state index in [1.807, 2.05) is 11.6 Å². The van der Waals surface area contributed by atoms with E-state index in [0.29, 0.717) is 6.04 Å². The van der Waals surface area contributed by atoms with Crippen LogP contribution in [0.25, 0.3) is 0 Å². The summed E-state index contributed by atoms with van der Waals surface area (Å²) in [5.74, 6) is 0.188. The molecule has 0 bridgehead atoms. The fourth-order valence-corrected chi connectivity index (χ4v) is 2.23. The van der Waals surface area contributed by atoms with Crippen LogP contribution in [0, 0.1) is 5.41 Å². The molecule has 7 heteroatoms. The molecule has 0 aromatic carbocycles. The average molecular weight is 226 g/mol. The number of nitrogens with one attached hydrogen (secondary N) is 1. The van der Waals surface area contributed by atoms with Crippen LogP contribution in [0.4, 0.5) is 0 Å². The molecule has 0 amide bonds. The van der Waals surface area contributed by atoms with Crippen molar-refractivity contribution in [3.05, 3.63) is 0 Å². The van der Waals surface area contributed by atoms with E-state index in [4.69, 9.17) is 11.1 Å². The second kappa shape index (κ2) is 4.18. The Kier molecular flexibility index (Phi) is 2.90. The first-order valence-corrected chi connectivity index (χ1v) is 5.88. The standard InChI is InChI=1S/C8H14N6S/c1-2-6(7(9)10)15-8-11-12-13-14(8)5-3-4-5/h5-6H,2-4H2,1H3,(H3,9,10). The zero-order valence-corrected chi connectivity index (χ0v) is 9.37. The Bertz CT molecular complexity index is 358. The molecule has 0 aliphatic heterocycles. The van der Waals surface area contributed by atoms with Crippen LogP contribution in [-0.4, -0.2) is 31.3 Å². The van der Waals surface area contributed by atoms with Gasteiger partial charge in [0, 0.05) is 0 Å². The first-order chi connectivity index (χ1) is 7.22. The molecule has 1 aromatic heterocycles. The number of hydrogen-bond acceptors (Lipinski definition) is 5. The topological polar surface area (TPSA) is 93.5 Å². The maximum absolute atomic E-state index is 7.43. The lowest BCUT2D eigenvalue weighted by Gasteiger charge is -2.11. The highest BCUT2D eigenvalue weighted by Gasteiger charge is 2.29. The molecule has 1 heterocycles. The predicted octanol–water partition coefficient (Wildman–Crippen LogP) is 0.815. The number of rotatable bonds is 5. The molecule has 1 aliphatic carbocycles. The van der Waals surface area contributed by atoms with E-state index >= 15 is 0 Å². The van der Waals surface area contributed by atoms with E-state index in [1.165, 1.54) is 11.8 Å². The van der Waals surface area contributed by atoms with Crippen molar-refractivity contribution in [2.24, 2.45) is 5.73 Å². The number of nitrogens with zero attached hydrogens (tertiary/aromatic N) is 4. The molecule has 0 spiro atoms. The molecular formula is C8H14N6S. The zero-order valence-electron chi connectivity index (χ0n) is 8.55. The maximum Gasteiger partial charge on any atom is 0.210 e. The van der Waals surface area contributed by atoms with Gasteiger partial charge in [0.2, 0.25) is 5.16 Å². The SMILES string of the molecule is CCC(Sc1nnnn1C1CC1)C(=N)N. The van der Waals surface area contributed by atoms with Crippen molar-refractivity contribution in [3.63, 3.8) is 0 Å². The largest absolute Gasteiger partial charge is 0.387 e. The van der Waals surface area contributed by atoms with Gasteiger partial charge >= 0.3 is 0 Å². The van der Waals surface area contributed by atoms with Crippen molar-refractivity contribution in [1.82, 2.24) is 20.2 Å². The molecule has 1 aromatic rings. The molecule has 1 fully saturated rings. The van der Waals surface area contributed by atoms with Gasteiger partial charge in [-0.25, -0.2) is 4.68 Å². The Labute approximate surface area is 92.1 Å². The number of thioether (sulfide) groups is 1. The van der Waals surface area contributed by atoms with Gasteiger partial charge in [-0.05, 0) is 29.7 Å². The van der Waals surface area contributed by atoms with Crippen molar-refractivity contribution in [1.29, 1.82) is 5.41 Å². The predicted molar refractivity (Wildman–Crippen MR) is 57.9 cm³/mol. The second-order valence-corrected chi connectivity index (χ2v) is 4.78. The van der Waals surface area contributed by atoms with E-state index in [9.17, 15) is 0 Å². The van der Waals surface area contributed by atoms with Crippen molar-refractivity contribution in [3.8, 4) is 0 Å². The average Bonchev–Trinajstić information content (AvgIpc) is 2.95. The summed E-state index contributed by atoms with van der Waals surface area (Å²) in [6.45, 7) is 2.00. The summed E-state index contributed by atoms with van der Waals surface area (Å²) >= 11 is 1.48. The van der Waals surface area contributed by atoms with E-state index < -0.39 is 0 Å². The Balaban J connectivity index is 2.08. The van der Waals surface area contributed by atoms with Crippen molar-refractivity contribution in [2.45, 2.75) is 42.6 Å². The number of tetrazole rings is 1. The summed E-state index contributed by atoms with van der Waals surface area (Å²) in [4.78, 5) is 0. The van der Waals surface area contributed by atoms with E-state index in [0.717, 1.165) is 24.4 Å². The van der Waals surface area contributed by atoms with E-state index in [2.05, 4.69) is 15.5 Å². The van der Waals surface area contributed by atoms with Crippen molar-refractivity contribution < 1.29 is 0 Å². The van der Waals surface area contributed by atoms with Gasteiger partial charge in [0.25, 0.3) is 0 Å². The first kappa shape index (κ1) is 10.4. The molecule has 0 radical (unpaired) electrons. The molecule has 2 rings (SSSR count). The van der Waals surface area contributed by atoms with Crippen LogP contribution < -0.4 is 5.73 Å². The van der Waals surface area contributed by atoms with Gasteiger partial charge in [-0.3, -0.25) is 5.41 Å². The van der Waals surface area contributed by atoms with Gasteiger partial charge in [0.05, 0.1) is 11.3 Å². The molecule has 6 nitrogen and oxygen atoms in total. The molecule has 1 atom stereocenters. The lowest BCUT2D eigenvalue weighted by atomic mass is 10.3. The highest BCUT2D eigenvalue weighted by atomic mass is 32.2. The monoisotopic (exact) mass is 226 g/mol. The molecule has 82 valence electrons. The lowest BCUT2D eigenvalue weighted by molar-refractivity contribution is 0.565.